The largest absolute Gasteiger partial charge is 0.380 e. The number of rotatable bonds is 3. The van der Waals surface area contributed by atoms with Crippen LogP contribution in [0.4, 0.5) is 18.9 Å². The molecule has 0 spiro atoms. The van der Waals surface area contributed by atoms with Gasteiger partial charge in [-0.05, 0) is 52.9 Å². The fourth-order valence-corrected chi connectivity index (χ4v) is 2.19. The van der Waals surface area contributed by atoms with Gasteiger partial charge < -0.3 is 5.32 Å². The predicted octanol–water partition coefficient (Wildman–Crippen LogP) is 4.32. The van der Waals surface area contributed by atoms with E-state index in [9.17, 15) is 13.2 Å². The van der Waals surface area contributed by atoms with Crippen LogP contribution < -0.4 is 5.32 Å². The van der Waals surface area contributed by atoms with Crippen LogP contribution in [0.3, 0.4) is 0 Å². The molecule has 1 N–H and O–H groups in total. The highest BCUT2D eigenvalue weighted by atomic mass is 127. The van der Waals surface area contributed by atoms with Crippen LogP contribution in [0.25, 0.3) is 0 Å². The molecule has 0 radical (unpaired) electrons. The fourth-order valence-electron chi connectivity index (χ4n) is 1.52. The topological polar surface area (TPSA) is 12.0 Å². The van der Waals surface area contributed by atoms with E-state index < -0.39 is 11.6 Å². The number of hydrogen-bond donors (Lipinski definition) is 1. The fraction of sp³-hybridized carbons (Fsp3) is 0.0769. The lowest BCUT2D eigenvalue weighted by atomic mass is 10.2. The minimum absolute atomic E-state index is 0.0140. The summed E-state index contributed by atoms with van der Waals surface area (Å²) in [6, 6.07) is 7.90. The Morgan fingerprint density at radius 1 is 1.00 bits per heavy atom. The van der Waals surface area contributed by atoms with Crippen LogP contribution in [0.1, 0.15) is 5.56 Å². The third-order valence-electron chi connectivity index (χ3n) is 2.45. The third-order valence-corrected chi connectivity index (χ3v) is 3.34. The van der Waals surface area contributed by atoms with Crippen LogP contribution in [-0.2, 0) is 6.54 Å². The average molecular weight is 363 g/mol. The van der Waals surface area contributed by atoms with Crippen molar-refractivity contribution in [2.45, 2.75) is 6.54 Å². The van der Waals surface area contributed by atoms with Gasteiger partial charge in [0, 0.05) is 21.4 Å². The molecule has 0 aliphatic heterocycles. The maximum Gasteiger partial charge on any atom is 0.131 e. The van der Waals surface area contributed by atoms with Crippen LogP contribution in [0.5, 0.6) is 0 Å². The number of anilines is 1. The van der Waals surface area contributed by atoms with Crippen LogP contribution in [0.15, 0.2) is 36.4 Å². The first-order chi connectivity index (χ1) is 8.58. The average Bonchev–Trinajstić information content (AvgIpc) is 2.31. The second-order valence-corrected chi connectivity index (χ2v) is 4.84. The molecule has 0 fully saturated rings. The highest BCUT2D eigenvalue weighted by Crippen LogP contribution is 2.21. The lowest BCUT2D eigenvalue weighted by molar-refractivity contribution is 0.560. The Balaban J connectivity index is 2.16. The van der Waals surface area contributed by atoms with Crippen LogP contribution >= 0.6 is 22.6 Å². The Hall–Kier alpha value is -1.24. The molecule has 0 aliphatic rings. The molecule has 0 aromatic heterocycles. The molecular weight excluding hydrogens is 354 g/mol. The SMILES string of the molecule is Fc1ccc(NCc2c(F)cccc2F)c(I)c1. The van der Waals surface area contributed by atoms with Crippen molar-refractivity contribution in [3.63, 3.8) is 0 Å². The first kappa shape index (κ1) is 13.2. The molecule has 0 amide bonds. The summed E-state index contributed by atoms with van der Waals surface area (Å²) in [5, 5.41) is 2.88. The van der Waals surface area contributed by atoms with Gasteiger partial charge in [0.25, 0.3) is 0 Å². The van der Waals surface area contributed by atoms with Crippen molar-refractivity contribution in [3.05, 3.63) is 63.0 Å². The van der Waals surface area contributed by atoms with E-state index in [0.29, 0.717) is 9.26 Å². The zero-order valence-corrected chi connectivity index (χ0v) is 11.3. The van der Waals surface area contributed by atoms with E-state index in [4.69, 9.17) is 0 Å². The Bertz CT molecular complexity index is 552. The molecule has 0 unspecified atom stereocenters. The maximum absolute atomic E-state index is 13.4. The zero-order valence-electron chi connectivity index (χ0n) is 9.18. The molecule has 2 aromatic rings. The molecule has 94 valence electrons. The smallest absolute Gasteiger partial charge is 0.131 e. The van der Waals surface area contributed by atoms with Crippen molar-refractivity contribution >= 4 is 28.3 Å². The summed E-state index contributed by atoms with van der Waals surface area (Å²) in [5.41, 5.74) is 0.609. The van der Waals surface area contributed by atoms with E-state index in [2.05, 4.69) is 5.32 Å². The number of hydrogen-bond acceptors (Lipinski definition) is 1. The molecular formula is C13H9F3IN. The first-order valence-corrected chi connectivity index (χ1v) is 6.27. The van der Waals surface area contributed by atoms with Gasteiger partial charge in [-0.25, -0.2) is 13.2 Å². The minimum atomic E-state index is -0.598. The molecule has 2 aromatic carbocycles. The second kappa shape index (κ2) is 5.60. The molecule has 0 heterocycles. The number of halogens is 4. The van der Waals surface area contributed by atoms with Crippen molar-refractivity contribution in [1.82, 2.24) is 0 Å². The van der Waals surface area contributed by atoms with E-state index in [1.807, 2.05) is 22.6 Å². The van der Waals surface area contributed by atoms with Gasteiger partial charge in [-0.3, -0.25) is 0 Å². The van der Waals surface area contributed by atoms with Crippen molar-refractivity contribution in [2.24, 2.45) is 0 Å². The molecule has 0 atom stereocenters. The molecule has 2 rings (SSSR count). The molecule has 0 bridgehead atoms. The van der Waals surface area contributed by atoms with Gasteiger partial charge in [-0.1, -0.05) is 6.07 Å². The van der Waals surface area contributed by atoms with Crippen molar-refractivity contribution in [2.75, 3.05) is 5.32 Å². The summed E-state index contributed by atoms with van der Waals surface area (Å²) in [6.07, 6.45) is 0. The summed E-state index contributed by atoms with van der Waals surface area (Å²) in [5.74, 6) is -1.54. The summed E-state index contributed by atoms with van der Waals surface area (Å²) < 4.78 is 40.3. The van der Waals surface area contributed by atoms with Gasteiger partial charge in [0.05, 0.1) is 0 Å². The second-order valence-electron chi connectivity index (χ2n) is 3.68. The summed E-state index contributed by atoms with van der Waals surface area (Å²) >= 11 is 1.96. The molecule has 0 saturated heterocycles. The van der Waals surface area contributed by atoms with Crippen molar-refractivity contribution in [3.8, 4) is 0 Å². The van der Waals surface area contributed by atoms with Crippen LogP contribution in [0, 0.1) is 21.0 Å². The van der Waals surface area contributed by atoms with Gasteiger partial charge in [-0.2, -0.15) is 0 Å². The van der Waals surface area contributed by atoms with E-state index in [1.165, 1.54) is 36.4 Å². The highest BCUT2D eigenvalue weighted by molar-refractivity contribution is 14.1. The van der Waals surface area contributed by atoms with Gasteiger partial charge in [0.2, 0.25) is 0 Å². The Morgan fingerprint density at radius 3 is 2.28 bits per heavy atom. The third kappa shape index (κ3) is 2.95. The van der Waals surface area contributed by atoms with Crippen molar-refractivity contribution < 1.29 is 13.2 Å². The number of benzene rings is 2. The van der Waals surface area contributed by atoms with Crippen molar-refractivity contribution in [1.29, 1.82) is 0 Å². The van der Waals surface area contributed by atoms with Crippen LogP contribution in [-0.4, -0.2) is 0 Å². The molecule has 0 aliphatic carbocycles. The standard InChI is InChI=1S/C13H9F3IN/c14-8-4-5-13(12(17)6-8)18-7-9-10(15)2-1-3-11(9)16/h1-6,18H,7H2. The van der Waals surface area contributed by atoms with Gasteiger partial charge in [-0.15, -0.1) is 0 Å². The van der Waals surface area contributed by atoms with Gasteiger partial charge >= 0.3 is 0 Å². The lowest BCUT2D eigenvalue weighted by Gasteiger charge is -2.10. The monoisotopic (exact) mass is 363 g/mol. The van der Waals surface area contributed by atoms with Gasteiger partial charge in [0.1, 0.15) is 17.5 Å². The Kier molecular flexibility index (Phi) is 4.11. The van der Waals surface area contributed by atoms with E-state index >= 15 is 0 Å². The maximum atomic E-state index is 13.4. The predicted molar refractivity (Wildman–Crippen MR) is 72.8 cm³/mol. The highest BCUT2D eigenvalue weighted by Gasteiger charge is 2.08. The van der Waals surface area contributed by atoms with E-state index in [-0.39, 0.29) is 17.9 Å². The Morgan fingerprint density at radius 2 is 1.67 bits per heavy atom. The lowest BCUT2D eigenvalue weighted by Crippen LogP contribution is -2.05. The normalized spacial score (nSPS) is 10.4. The molecule has 1 nitrogen and oxygen atoms in total. The summed E-state index contributed by atoms with van der Waals surface area (Å²) in [4.78, 5) is 0. The quantitative estimate of drug-likeness (QED) is 0.801. The van der Waals surface area contributed by atoms with Crippen LogP contribution in [0.2, 0.25) is 0 Å². The minimum Gasteiger partial charge on any atom is -0.380 e. The summed E-state index contributed by atoms with van der Waals surface area (Å²) in [6.45, 7) is 0.0140. The first-order valence-electron chi connectivity index (χ1n) is 5.20. The Labute approximate surface area is 116 Å². The zero-order chi connectivity index (χ0) is 13.1. The van der Waals surface area contributed by atoms with E-state index in [0.717, 1.165) is 0 Å². The summed E-state index contributed by atoms with van der Waals surface area (Å²) in [7, 11) is 0. The van der Waals surface area contributed by atoms with E-state index in [1.54, 1.807) is 0 Å². The molecule has 0 saturated carbocycles. The molecule has 18 heavy (non-hydrogen) atoms. The molecule has 5 heteroatoms. The number of nitrogens with one attached hydrogen (secondary N) is 1. The van der Waals surface area contributed by atoms with Gasteiger partial charge in [0.15, 0.2) is 0 Å².